The number of ether oxygens (including phenoxy) is 4. The van der Waals surface area contributed by atoms with Crippen LogP contribution in [0.4, 0.5) is 0 Å². The highest BCUT2D eigenvalue weighted by Crippen LogP contribution is 2.30. The minimum absolute atomic E-state index is 0.643. The van der Waals surface area contributed by atoms with E-state index in [-0.39, 0.29) is 0 Å². The van der Waals surface area contributed by atoms with E-state index in [4.69, 9.17) is 18.9 Å². The summed E-state index contributed by atoms with van der Waals surface area (Å²) in [6, 6.07) is 10.7. The molecule has 2 aromatic rings. The average Bonchev–Trinajstić information content (AvgIpc) is 3.11. The van der Waals surface area contributed by atoms with E-state index in [2.05, 4.69) is 60.3 Å². The smallest absolute Gasteiger partial charge is 0.169 e. The minimum atomic E-state index is 0.643. The number of fused-ring (bicyclic) bond motifs is 1. The zero-order valence-corrected chi connectivity index (χ0v) is 31.8. The lowest BCUT2D eigenvalue weighted by molar-refractivity contribution is -0.697. The van der Waals surface area contributed by atoms with Crippen molar-refractivity contribution in [3.05, 3.63) is 53.9 Å². The molecule has 1 aromatic carbocycles. The molecule has 0 spiro atoms. The van der Waals surface area contributed by atoms with Crippen molar-refractivity contribution in [3.8, 4) is 11.5 Å². The fourth-order valence-electron chi connectivity index (χ4n) is 5.81. The van der Waals surface area contributed by atoms with Crippen molar-refractivity contribution in [2.45, 2.75) is 116 Å². The van der Waals surface area contributed by atoms with Crippen LogP contribution in [0.2, 0.25) is 0 Å². The number of aromatic nitrogens is 1. The number of nitrogens with zero attached hydrogens (tertiary/aromatic N) is 1. The van der Waals surface area contributed by atoms with Gasteiger partial charge in [0.1, 0.15) is 6.54 Å². The quantitative estimate of drug-likeness (QED) is 0.107. The van der Waals surface area contributed by atoms with Gasteiger partial charge in [0.15, 0.2) is 23.9 Å². The van der Waals surface area contributed by atoms with Crippen molar-refractivity contribution in [2.24, 2.45) is 0 Å². The summed E-state index contributed by atoms with van der Waals surface area (Å²) in [4.78, 5) is 0. The number of rotatable bonds is 19. The van der Waals surface area contributed by atoms with E-state index in [1.165, 1.54) is 108 Å². The van der Waals surface area contributed by atoms with Crippen molar-refractivity contribution in [1.82, 2.24) is 0 Å². The first-order valence-electron chi connectivity index (χ1n) is 19.2. The van der Waals surface area contributed by atoms with Gasteiger partial charge in [-0.05, 0) is 29.7 Å². The molecule has 1 aliphatic rings. The Hall–Kier alpha value is -1.67. The fraction of sp³-hybridized carbons (Fsp3) is 0.683. The summed E-state index contributed by atoms with van der Waals surface area (Å²) in [6.07, 6.45) is 31.3. The summed E-state index contributed by atoms with van der Waals surface area (Å²) in [5.74, 6) is 5.39. The number of benzene rings is 1. The Morgan fingerprint density at radius 3 is 1.56 bits per heavy atom. The molecule has 0 saturated carbocycles. The Bertz CT molecular complexity index is 1060. The van der Waals surface area contributed by atoms with Crippen LogP contribution in [0.3, 0.4) is 0 Å². The van der Waals surface area contributed by atoms with Crippen LogP contribution in [0.25, 0.3) is 12.2 Å². The first kappa shape index (κ1) is 40.8. The van der Waals surface area contributed by atoms with Gasteiger partial charge in [0.05, 0.1) is 39.6 Å². The van der Waals surface area contributed by atoms with Crippen molar-refractivity contribution in [1.29, 1.82) is 0 Å². The van der Waals surface area contributed by atoms with Gasteiger partial charge >= 0.3 is 0 Å². The number of pyridine rings is 1. The van der Waals surface area contributed by atoms with Gasteiger partial charge in [-0.15, -0.1) is 0 Å². The van der Waals surface area contributed by atoms with E-state index in [0.29, 0.717) is 26.4 Å². The molecule has 0 aliphatic carbocycles. The predicted octanol–water partition coefficient (Wildman–Crippen LogP) is 10.7. The SMILES string of the molecule is CCCCCCCCCCCCCCCCCC[n+]1ccc(/C=C/c2ccc3c(c2)OCCSCCOCCOCCSCCO3)cc1. The van der Waals surface area contributed by atoms with Gasteiger partial charge < -0.3 is 18.9 Å². The number of hydrogen-bond donors (Lipinski definition) is 0. The molecule has 0 fully saturated rings. The van der Waals surface area contributed by atoms with Crippen LogP contribution in [0.5, 0.6) is 11.5 Å². The standard InChI is InChI=1S/C41H66NO4S2/c1-2-3-4-5-6-7-8-9-10-11-12-13-14-15-16-17-24-42-25-22-38(23-26-42)18-19-39-20-21-40-41(37-39)46-32-36-48-34-30-44-28-27-43-29-33-47-35-31-45-40/h18-23,25-26,37H,2-17,24,27-36H2,1H3/q+1/b19-18+. The van der Waals surface area contributed by atoms with Gasteiger partial charge in [0, 0.05) is 41.6 Å². The monoisotopic (exact) mass is 700 g/mol. The Balaban J connectivity index is 1.30. The highest BCUT2D eigenvalue weighted by atomic mass is 32.2. The van der Waals surface area contributed by atoms with Gasteiger partial charge in [-0.25, -0.2) is 4.57 Å². The van der Waals surface area contributed by atoms with Crippen molar-refractivity contribution >= 4 is 35.7 Å². The highest BCUT2D eigenvalue weighted by Gasteiger charge is 2.08. The Kier molecular flexibility index (Phi) is 24.7. The van der Waals surface area contributed by atoms with Crippen molar-refractivity contribution in [3.63, 3.8) is 0 Å². The lowest BCUT2D eigenvalue weighted by atomic mass is 10.0. The second-order valence-electron chi connectivity index (χ2n) is 12.9. The largest absolute Gasteiger partial charge is 0.489 e. The molecule has 0 unspecified atom stereocenters. The molecule has 1 aromatic heterocycles. The summed E-state index contributed by atoms with van der Waals surface area (Å²) in [7, 11) is 0. The van der Waals surface area contributed by atoms with Gasteiger partial charge in [0.25, 0.3) is 0 Å². The molecule has 5 nitrogen and oxygen atoms in total. The molecule has 1 aliphatic heterocycles. The van der Waals surface area contributed by atoms with Crippen LogP contribution in [0.15, 0.2) is 42.7 Å². The molecule has 0 atom stereocenters. The van der Waals surface area contributed by atoms with Gasteiger partial charge in [0.2, 0.25) is 0 Å². The predicted molar refractivity (Wildman–Crippen MR) is 209 cm³/mol. The number of unbranched alkanes of at least 4 members (excludes halogenated alkanes) is 15. The van der Waals surface area contributed by atoms with Gasteiger partial charge in [-0.2, -0.15) is 23.5 Å². The minimum Gasteiger partial charge on any atom is -0.489 e. The maximum atomic E-state index is 6.20. The molecule has 0 bridgehead atoms. The topological polar surface area (TPSA) is 40.8 Å². The first-order chi connectivity index (χ1) is 23.8. The summed E-state index contributed by atoms with van der Waals surface area (Å²) in [5.41, 5.74) is 2.31. The van der Waals surface area contributed by atoms with E-state index in [9.17, 15) is 0 Å². The van der Waals surface area contributed by atoms with E-state index in [1.807, 2.05) is 29.6 Å². The molecule has 3 rings (SSSR count). The number of hydrogen-bond acceptors (Lipinski definition) is 6. The van der Waals surface area contributed by atoms with Crippen molar-refractivity contribution < 1.29 is 23.5 Å². The van der Waals surface area contributed by atoms with Crippen molar-refractivity contribution in [2.75, 3.05) is 62.7 Å². The third-order valence-electron chi connectivity index (χ3n) is 8.71. The van der Waals surface area contributed by atoms with E-state index in [0.717, 1.165) is 59.8 Å². The third-order valence-corrected chi connectivity index (χ3v) is 10.5. The molecule has 7 heteroatoms. The fourth-order valence-corrected chi connectivity index (χ4v) is 7.09. The molecule has 0 N–H and O–H groups in total. The summed E-state index contributed by atoms with van der Waals surface area (Å²) >= 11 is 3.69. The molecule has 0 amide bonds. The van der Waals surface area contributed by atoms with Crippen LogP contribution < -0.4 is 14.0 Å². The van der Waals surface area contributed by atoms with Crippen LogP contribution in [0.1, 0.15) is 121 Å². The maximum Gasteiger partial charge on any atom is 0.169 e. The zero-order valence-electron chi connectivity index (χ0n) is 30.2. The highest BCUT2D eigenvalue weighted by molar-refractivity contribution is 7.99. The lowest BCUT2D eigenvalue weighted by Gasteiger charge is -2.14. The lowest BCUT2D eigenvalue weighted by Crippen LogP contribution is -2.32. The summed E-state index contributed by atoms with van der Waals surface area (Å²) < 4.78 is 25.9. The molecule has 2 heterocycles. The van der Waals surface area contributed by atoms with E-state index in [1.54, 1.807) is 0 Å². The zero-order chi connectivity index (χ0) is 33.6. The number of thioether (sulfide) groups is 2. The summed E-state index contributed by atoms with van der Waals surface area (Å²) in [5, 5.41) is 0. The van der Waals surface area contributed by atoms with E-state index < -0.39 is 0 Å². The Morgan fingerprint density at radius 2 is 1.00 bits per heavy atom. The van der Waals surface area contributed by atoms with Crippen LogP contribution in [-0.4, -0.2) is 62.7 Å². The second-order valence-corrected chi connectivity index (χ2v) is 15.3. The molecule has 270 valence electrons. The Morgan fingerprint density at radius 1 is 0.521 bits per heavy atom. The summed E-state index contributed by atoms with van der Waals surface area (Å²) in [6.45, 7) is 7.51. The maximum absolute atomic E-state index is 6.20. The first-order valence-corrected chi connectivity index (χ1v) is 21.5. The second kappa shape index (κ2) is 29.1. The van der Waals surface area contributed by atoms with Gasteiger partial charge in [-0.3, -0.25) is 0 Å². The number of aryl methyl sites for hydroxylation is 1. The molecule has 0 saturated heterocycles. The Labute approximate surface area is 302 Å². The third kappa shape index (κ3) is 20.8. The molecule has 0 radical (unpaired) electrons. The van der Waals surface area contributed by atoms with Gasteiger partial charge in [-0.1, -0.05) is 115 Å². The molecular formula is C41H66NO4S2+. The van der Waals surface area contributed by atoms with Crippen LogP contribution >= 0.6 is 23.5 Å². The van der Waals surface area contributed by atoms with E-state index >= 15 is 0 Å². The normalized spacial score (nSPS) is 15.7. The molecule has 48 heavy (non-hydrogen) atoms. The van der Waals surface area contributed by atoms with Crippen LogP contribution in [-0.2, 0) is 16.0 Å². The van der Waals surface area contributed by atoms with Crippen LogP contribution in [0, 0.1) is 0 Å². The molecular weight excluding hydrogens is 635 g/mol. The average molecular weight is 701 g/mol.